The molecule has 1 aromatic heterocycles. The number of hydrogen-bond donors (Lipinski definition) is 2. The minimum absolute atomic E-state index is 0. The molecule has 0 bridgehead atoms. The molecule has 7 heteroatoms. The monoisotopic (exact) mass is 481 g/mol. The number of carbonyl (C=O) groups is 1. The Morgan fingerprint density at radius 2 is 2.00 bits per heavy atom. The van der Waals surface area contributed by atoms with Crippen LogP contribution in [0.15, 0.2) is 22.5 Å². The number of rotatable bonds is 10. The topological polar surface area (TPSA) is 76.7 Å². The quantitative estimate of drug-likeness (QED) is 0.173. The molecule has 0 radical (unpaired) electrons. The largest absolute Gasteiger partial charge is 0.460 e. The third-order valence-electron chi connectivity index (χ3n) is 3.25. The first kappa shape index (κ1) is 24.2. The van der Waals surface area contributed by atoms with Crippen molar-refractivity contribution in [2.24, 2.45) is 10.7 Å². The van der Waals surface area contributed by atoms with Gasteiger partial charge in [0.25, 0.3) is 0 Å². The lowest BCUT2D eigenvalue weighted by Gasteiger charge is -2.19. The predicted molar refractivity (Wildman–Crippen MR) is 117 cm³/mol. The van der Waals surface area contributed by atoms with Gasteiger partial charge >= 0.3 is 5.97 Å². The Morgan fingerprint density at radius 3 is 2.64 bits per heavy atom. The molecular formula is C18H32IN3O2S. The summed E-state index contributed by atoms with van der Waals surface area (Å²) in [5.41, 5.74) is 5.44. The van der Waals surface area contributed by atoms with E-state index in [1.54, 1.807) is 11.3 Å². The molecule has 0 aliphatic rings. The zero-order valence-electron chi connectivity index (χ0n) is 15.5. The minimum atomic E-state index is -0.389. The third-order valence-corrected chi connectivity index (χ3v) is 4.18. The molecule has 3 N–H and O–H groups in total. The molecule has 0 saturated heterocycles. The van der Waals surface area contributed by atoms with Gasteiger partial charge in [-0.25, -0.2) is 0 Å². The van der Waals surface area contributed by atoms with E-state index in [1.807, 2.05) is 20.8 Å². The van der Waals surface area contributed by atoms with Crippen LogP contribution in [-0.4, -0.2) is 30.6 Å². The van der Waals surface area contributed by atoms with Crippen LogP contribution >= 0.6 is 35.3 Å². The molecule has 144 valence electrons. The number of nitrogens with one attached hydrogen (secondary N) is 1. The van der Waals surface area contributed by atoms with Gasteiger partial charge in [-0.3, -0.25) is 9.79 Å². The number of thiophene rings is 1. The van der Waals surface area contributed by atoms with Gasteiger partial charge in [0.1, 0.15) is 5.60 Å². The second-order valence-electron chi connectivity index (χ2n) is 6.77. The van der Waals surface area contributed by atoms with E-state index >= 15 is 0 Å². The molecule has 0 aliphatic heterocycles. The van der Waals surface area contributed by atoms with Crippen molar-refractivity contribution in [2.45, 2.75) is 64.9 Å². The summed E-state index contributed by atoms with van der Waals surface area (Å²) in [4.78, 5) is 17.2. The third kappa shape index (κ3) is 14.1. The smallest absolute Gasteiger partial charge is 0.306 e. The normalized spacial score (nSPS) is 11.7. The highest BCUT2D eigenvalue weighted by atomic mass is 127. The Morgan fingerprint density at radius 1 is 1.28 bits per heavy atom. The average Bonchev–Trinajstić information content (AvgIpc) is 2.97. The summed E-state index contributed by atoms with van der Waals surface area (Å²) < 4.78 is 5.28. The van der Waals surface area contributed by atoms with Gasteiger partial charge in [-0.2, -0.15) is 0 Å². The van der Waals surface area contributed by atoms with Gasteiger partial charge < -0.3 is 15.8 Å². The van der Waals surface area contributed by atoms with E-state index in [2.05, 4.69) is 27.8 Å². The van der Waals surface area contributed by atoms with Gasteiger partial charge in [-0.15, -0.1) is 35.3 Å². The molecule has 0 saturated carbocycles. The predicted octanol–water partition coefficient (Wildman–Crippen LogP) is 4.11. The first-order chi connectivity index (χ1) is 11.4. The number of ether oxygens (including phenoxy) is 1. The second-order valence-corrected chi connectivity index (χ2v) is 7.81. The van der Waals surface area contributed by atoms with Crippen LogP contribution in [0.1, 0.15) is 57.8 Å². The van der Waals surface area contributed by atoms with Crippen molar-refractivity contribution in [3.05, 3.63) is 22.4 Å². The molecule has 5 nitrogen and oxygen atoms in total. The number of esters is 1. The SMILES string of the molecule is CC(C)(C)OC(=O)CCCCCCN=C(N)NCCc1cccs1.I. The highest BCUT2D eigenvalue weighted by molar-refractivity contribution is 14.0. The maximum Gasteiger partial charge on any atom is 0.306 e. The molecular weight excluding hydrogens is 449 g/mol. The fraction of sp³-hybridized carbons (Fsp3) is 0.667. The highest BCUT2D eigenvalue weighted by Crippen LogP contribution is 2.11. The van der Waals surface area contributed by atoms with Crippen molar-refractivity contribution < 1.29 is 9.53 Å². The Labute approximate surface area is 172 Å². The summed E-state index contributed by atoms with van der Waals surface area (Å²) in [6, 6.07) is 4.18. The van der Waals surface area contributed by atoms with Crippen LogP contribution in [-0.2, 0) is 16.0 Å². The van der Waals surface area contributed by atoms with Gasteiger partial charge in [-0.1, -0.05) is 18.9 Å². The van der Waals surface area contributed by atoms with Crippen molar-refractivity contribution in [2.75, 3.05) is 13.1 Å². The van der Waals surface area contributed by atoms with Gasteiger partial charge in [0.05, 0.1) is 0 Å². The zero-order chi connectivity index (χ0) is 17.8. The number of halogens is 1. The molecule has 0 unspecified atom stereocenters. The van der Waals surface area contributed by atoms with Gasteiger partial charge in [-0.05, 0) is 51.5 Å². The van der Waals surface area contributed by atoms with Crippen molar-refractivity contribution in [1.82, 2.24) is 5.32 Å². The molecule has 0 fully saturated rings. The van der Waals surface area contributed by atoms with E-state index in [0.717, 1.165) is 45.2 Å². The molecule has 1 aromatic rings. The van der Waals surface area contributed by atoms with Crippen LogP contribution in [0.4, 0.5) is 0 Å². The second kappa shape index (κ2) is 13.4. The summed E-state index contributed by atoms with van der Waals surface area (Å²) in [6.07, 6.45) is 5.38. The minimum Gasteiger partial charge on any atom is -0.460 e. The summed E-state index contributed by atoms with van der Waals surface area (Å²) in [5, 5.41) is 5.21. The Bertz CT molecular complexity index is 499. The van der Waals surface area contributed by atoms with Gasteiger partial charge in [0.2, 0.25) is 0 Å². The number of guanidine groups is 1. The average molecular weight is 481 g/mol. The summed E-state index contributed by atoms with van der Waals surface area (Å²) in [5.74, 6) is 0.403. The summed E-state index contributed by atoms with van der Waals surface area (Å²) >= 11 is 1.75. The van der Waals surface area contributed by atoms with E-state index in [-0.39, 0.29) is 35.5 Å². The number of aliphatic imine (C=N–C) groups is 1. The van der Waals surface area contributed by atoms with E-state index in [4.69, 9.17) is 10.5 Å². The first-order valence-corrected chi connectivity index (χ1v) is 9.53. The molecule has 0 amide bonds. The van der Waals surface area contributed by atoms with Crippen LogP contribution in [0.2, 0.25) is 0 Å². The maximum atomic E-state index is 11.6. The number of nitrogens with zero attached hydrogens (tertiary/aromatic N) is 1. The van der Waals surface area contributed by atoms with E-state index in [9.17, 15) is 4.79 Å². The molecule has 0 aliphatic carbocycles. The van der Waals surface area contributed by atoms with Gasteiger partial charge in [0.15, 0.2) is 5.96 Å². The number of carbonyl (C=O) groups excluding carboxylic acids is 1. The summed E-state index contributed by atoms with van der Waals surface area (Å²) in [7, 11) is 0. The lowest BCUT2D eigenvalue weighted by molar-refractivity contribution is -0.154. The molecule has 25 heavy (non-hydrogen) atoms. The molecule has 1 rings (SSSR count). The Kier molecular flexibility index (Phi) is 12.9. The van der Waals surface area contributed by atoms with E-state index in [0.29, 0.717) is 12.4 Å². The van der Waals surface area contributed by atoms with Crippen LogP contribution < -0.4 is 11.1 Å². The first-order valence-electron chi connectivity index (χ1n) is 8.65. The molecule has 0 spiro atoms. The fourth-order valence-corrected chi connectivity index (χ4v) is 2.86. The lowest BCUT2D eigenvalue weighted by Crippen LogP contribution is -2.33. The fourth-order valence-electron chi connectivity index (χ4n) is 2.15. The zero-order valence-corrected chi connectivity index (χ0v) is 18.7. The lowest BCUT2D eigenvalue weighted by atomic mass is 10.1. The molecule has 0 aromatic carbocycles. The molecule has 0 atom stereocenters. The Balaban J connectivity index is 0.00000576. The van der Waals surface area contributed by atoms with E-state index in [1.165, 1.54) is 4.88 Å². The van der Waals surface area contributed by atoms with Crippen LogP contribution in [0, 0.1) is 0 Å². The van der Waals surface area contributed by atoms with Crippen LogP contribution in [0.25, 0.3) is 0 Å². The van der Waals surface area contributed by atoms with Crippen molar-refractivity contribution in [1.29, 1.82) is 0 Å². The van der Waals surface area contributed by atoms with Crippen LogP contribution in [0.5, 0.6) is 0 Å². The summed E-state index contributed by atoms with van der Waals surface area (Å²) in [6.45, 7) is 7.21. The molecule has 1 heterocycles. The van der Waals surface area contributed by atoms with E-state index < -0.39 is 0 Å². The number of hydrogen-bond acceptors (Lipinski definition) is 4. The standard InChI is InChI=1S/C18H31N3O2S.HI/c1-18(2,3)23-16(22)10-6-4-5-7-12-20-17(19)21-13-11-15-9-8-14-24-15;/h8-9,14H,4-7,10-13H2,1-3H3,(H3,19,20,21);1H. The highest BCUT2D eigenvalue weighted by Gasteiger charge is 2.15. The van der Waals surface area contributed by atoms with Crippen LogP contribution in [0.3, 0.4) is 0 Å². The number of unbranched alkanes of at least 4 members (excludes halogenated alkanes) is 3. The van der Waals surface area contributed by atoms with Crippen molar-refractivity contribution in [3.8, 4) is 0 Å². The van der Waals surface area contributed by atoms with Gasteiger partial charge in [0, 0.05) is 24.4 Å². The maximum absolute atomic E-state index is 11.6. The van der Waals surface area contributed by atoms with Crippen molar-refractivity contribution >= 4 is 47.2 Å². The number of nitrogens with two attached hydrogens (primary N) is 1. The Hall–Kier alpha value is -0.830. The van der Waals surface area contributed by atoms with Crippen molar-refractivity contribution in [3.63, 3.8) is 0 Å².